The van der Waals surface area contributed by atoms with Gasteiger partial charge in [0, 0.05) is 15.7 Å². The van der Waals surface area contributed by atoms with E-state index in [4.69, 9.17) is 17.3 Å². The van der Waals surface area contributed by atoms with Crippen LogP contribution in [0.25, 0.3) is 0 Å². The number of hydrogen-bond acceptors (Lipinski definition) is 5. The number of guanidine groups is 1. The van der Waals surface area contributed by atoms with Gasteiger partial charge >= 0.3 is 0 Å². The molecule has 0 aliphatic carbocycles. The molecule has 4 N–H and O–H groups in total. The number of sulfonamides is 2. The van der Waals surface area contributed by atoms with Crippen LogP contribution >= 0.6 is 23.4 Å². The zero-order chi connectivity index (χ0) is 24.9. The van der Waals surface area contributed by atoms with E-state index in [0.29, 0.717) is 21.2 Å². The molecule has 0 aromatic heterocycles. The maximum Gasteiger partial charge on any atom is 0.286 e. The number of halogens is 1. The smallest absolute Gasteiger partial charge is 0.286 e. The molecule has 34 heavy (non-hydrogen) atoms. The Morgan fingerprint density at radius 1 is 1.00 bits per heavy atom. The lowest BCUT2D eigenvalue weighted by Gasteiger charge is -2.12. The monoisotopic (exact) mass is 538 g/mol. The van der Waals surface area contributed by atoms with Gasteiger partial charge in [0.2, 0.25) is 5.96 Å². The Bertz CT molecular complexity index is 1410. The van der Waals surface area contributed by atoms with Crippen molar-refractivity contribution in [1.82, 2.24) is 10.3 Å². The summed E-state index contributed by atoms with van der Waals surface area (Å²) in [4.78, 5) is 2.32. The second-order valence-electron chi connectivity index (χ2n) is 7.32. The van der Waals surface area contributed by atoms with Crippen molar-refractivity contribution in [3.05, 3.63) is 88.4 Å². The average Bonchev–Trinajstić information content (AvgIpc) is 2.79. The van der Waals surface area contributed by atoms with Gasteiger partial charge < -0.3 is 5.73 Å². The van der Waals surface area contributed by atoms with E-state index in [2.05, 4.69) is 9.82 Å². The Morgan fingerprint density at radius 3 is 2.29 bits per heavy atom. The number of rotatable bonds is 8. The average molecular weight is 539 g/mol. The molecule has 0 saturated carbocycles. The van der Waals surface area contributed by atoms with E-state index < -0.39 is 26.0 Å². The van der Waals surface area contributed by atoms with Crippen LogP contribution in [0, 0.1) is 13.8 Å². The third-order valence-electron chi connectivity index (χ3n) is 4.60. The molecular formula is C22H23ClN4O4S3. The summed E-state index contributed by atoms with van der Waals surface area (Å²) in [5.74, 6) is -0.126. The van der Waals surface area contributed by atoms with Gasteiger partial charge in [0.1, 0.15) is 4.90 Å². The molecule has 0 heterocycles. The van der Waals surface area contributed by atoms with E-state index in [1.807, 2.05) is 42.1 Å². The molecule has 0 bridgehead atoms. The Kier molecular flexibility index (Phi) is 8.26. The minimum Gasteiger partial charge on any atom is -0.368 e. The lowest BCUT2D eigenvalue weighted by Crippen LogP contribution is -2.45. The molecule has 3 aromatic rings. The molecule has 3 aromatic carbocycles. The van der Waals surface area contributed by atoms with Crippen LogP contribution in [-0.2, 0) is 25.8 Å². The Balaban J connectivity index is 1.82. The summed E-state index contributed by atoms with van der Waals surface area (Å²) in [6.07, 6.45) is 0. The van der Waals surface area contributed by atoms with Crippen molar-refractivity contribution in [1.29, 1.82) is 0 Å². The lowest BCUT2D eigenvalue weighted by molar-refractivity contribution is 0.576. The van der Waals surface area contributed by atoms with Crippen LogP contribution in [0.3, 0.4) is 0 Å². The summed E-state index contributed by atoms with van der Waals surface area (Å²) >= 11 is 7.52. The maximum atomic E-state index is 13.0. The Labute approximate surface area is 208 Å². The molecule has 12 heteroatoms. The summed E-state index contributed by atoms with van der Waals surface area (Å²) in [6, 6.07) is 18.6. The van der Waals surface area contributed by atoms with Crippen LogP contribution in [-0.4, -0.2) is 22.8 Å². The second kappa shape index (κ2) is 10.8. The molecule has 0 fully saturated rings. The predicted molar refractivity (Wildman–Crippen MR) is 136 cm³/mol. The van der Waals surface area contributed by atoms with Gasteiger partial charge in [-0.3, -0.25) is 5.43 Å². The van der Waals surface area contributed by atoms with E-state index >= 15 is 0 Å². The van der Waals surface area contributed by atoms with Crippen LogP contribution in [0.2, 0.25) is 5.02 Å². The minimum atomic E-state index is -4.29. The first-order valence-corrected chi connectivity index (χ1v) is 14.2. The summed E-state index contributed by atoms with van der Waals surface area (Å²) < 4.78 is 54.4. The zero-order valence-corrected chi connectivity index (χ0v) is 21.5. The van der Waals surface area contributed by atoms with Gasteiger partial charge in [-0.25, -0.2) is 8.42 Å². The number of hydrogen-bond donors (Lipinski definition) is 3. The van der Waals surface area contributed by atoms with Crippen molar-refractivity contribution in [3.8, 4) is 0 Å². The molecule has 0 amide bonds. The van der Waals surface area contributed by atoms with Gasteiger partial charge in [0.15, 0.2) is 0 Å². The van der Waals surface area contributed by atoms with Gasteiger partial charge in [-0.1, -0.05) is 59.6 Å². The van der Waals surface area contributed by atoms with E-state index in [1.165, 1.54) is 30.0 Å². The van der Waals surface area contributed by atoms with Gasteiger partial charge in [-0.05, 0) is 49.2 Å². The highest BCUT2D eigenvalue weighted by molar-refractivity contribution is 7.99. The Hall–Kier alpha value is -2.57. The topological polar surface area (TPSA) is 131 Å². The summed E-state index contributed by atoms with van der Waals surface area (Å²) in [5.41, 5.74) is 10.3. The second-order valence-corrected chi connectivity index (χ2v) is 12.0. The first-order chi connectivity index (χ1) is 16.0. The number of nitrogens with zero attached hydrogens (tertiary/aromatic N) is 1. The molecule has 3 rings (SSSR count). The van der Waals surface area contributed by atoms with Crippen LogP contribution < -0.4 is 16.0 Å². The molecule has 0 saturated heterocycles. The fraction of sp³-hybridized carbons (Fsp3) is 0.136. The van der Waals surface area contributed by atoms with E-state index in [0.717, 1.165) is 11.1 Å². The third kappa shape index (κ3) is 6.73. The number of thioether (sulfide) groups is 1. The van der Waals surface area contributed by atoms with Crippen molar-refractivity contribution < 1.29 is 16.8 Å². The third-order valence-corrected chi connectivity index (χ3v) is 8.86. The minimum absolute atomic E-state index is 0.0193. The summed E-state index contributed by atoms with van der Waals surface area (Å²) in [5, 5.41) is 0.412. The highest BCUT2D eigenvalue weighted by atomic mass is 35.5. The van der Waals surface area contributed by atoms with Gasteiger partial charge in [0.25, 0.3) is 20.0 Å². The molecule has 0 unspecified atom stereocenters. The Morgan fingerprint density at radius 2 is 1.65 bits per heavy atom. The standard InChI is InChI=1S/C22H23ClN4O4S3/c1-15-8-10-18(11-9-15)33(28,29)27-25-22(24)26-34(30,31)21-12-16(2)19(23)13-20(21)32-14-17-6-4-3-5-7-17/h3-13,27H,14H2,1-2H3,(H3,24,25,26). The predicted octanol–water partition coefficient (Wildman–Crippen LogP) is 3.74. The number of hydrazine groups is 1. The van der Waals surface area contributed by atoms with Crippen LogP contribution in [0.15, 0.2) is 85.8 Å². The summed E-state index contributed by atoms with van der Waals surface area (Å²) in [7, 11) is -8.28. The van der Waals surface area contributed by atoms with Crippen molar-refractivity contribution >= 4 is 49.4 Å². The summed E-state index contributed by atoms with van der Waals surface area (Å²) in [6.45, 7) is 3.50. The number of benzene rings is 3. The van der Waals surface area contributed by atoms with Crippen LogP contribution in [0.5, 0.6) is 0 Å². The fourth-order valence-corrected chi connectivity index (χ4v) is 6.31. The maximum absolute atomic E-state index is 13.0. The van der Waals surface area contributed by atoms with E-state index in [1.54, 1.807) is 25.1 Å². The zero-order valence-electron chi connectivity index (χ0n) is 18.3. The lowest BCUT2D eigenvalue weighted by atomic mass is 10.2. The van der Waals surface area contributed by atoms with Crippen molar-refractivity contribution in [3.63, 3.8) is 0 Å². The van der Waals surface area contributed by atoms with Gasteiger partial charge in [-0.15, -0.1) is 21.0 Å². The molecule has 8 nitrogen and oxygen atoms in total. The molecule has 0 aliphatic rings. The molecular weight excluding hydrogens is 516 g/mol. The molecule has 0 atom stereocenters. The van der Waals surface area contributed by atoms with Crippen molar-refractivity contribution in [2.75, 3.05) is 0 Å². The highest BCUT2D eigenvalue weighted by Gasteiger charge is 2.21. The van der Waals surface area contributed by atoms with Crippen LogP contribution in [0.1, 0.15) is 16.7 Å². The molecule has 0 radical (unpaired) electrons. The first kappa shape index (κ1) is 26.0. The normalized spacial score (nSPS) is 12.5. The van der Waals surface area contributed by atoms with E-state index in [-0.39, 0.29) is 9.79 Å². The van der Waals surface area contributed by atoms with Gasteiger partial charge in [-0.2, -0.15) is 8.42 Å². The number of nitrogens with two attached hydrogens (primary N) is 1. The fourth-order valence-electron chi connectivity index (χ4n) is 2.78. The molecule has 0 spiro atoms. The largest absolute Gasteiger partial charge is 0.368 e. The SMILES string of the molecule is Cc1ccc(S(=O)(=O)NN/C(N)=N\S(=O)(=O)c2cc(C)c(Cl)cc2SCc2ccccc2)cc1. The van der Waals surface area contributed by atoms with E-state index in [9.17, 15) is 16.8 Å². The number of aryl methyl sites for hydroxylation is 2. The number of nitrogens with one attached hydrogen (secondary N) is 2. The first-order valence-electron chi connectivity index (χ1n) is 9.90. The van der Waals surface area contributed by atoms with Crippen LogP contribution in [0.4, 0.5) is 0 Å². The van der Waals surface area contributed by atoms with Gasteiger partial charge in [0.05, 0.1) is 4.90 Å². The highest BCUT2D eigenvalue weighted by Crippen LogP contribution is 2.34. The van der Waals surface area contributed by atoms with Crippen molar-refractivity contribution in [2.45, 2.75) is 34.3 Å². The molecule has 0 aliphatic heterocycles. The quantitative estimate of drug-likeness (QED) is 0.172. The van der Waals surface area contributed by atoms with Crippen molar-refractivity contribution in [2.24, 2.45) is 10.1 Å². The molecule has 180 valence electrons.